The van der Waals surface area contributed by atoms with Crippen LogP contribution in [-0.2, 0) is 0 Å². The largest absolute Gasteiger partial charge is 0.493 e. The number of aromatic nitrogens is 6. The van der Waals surface area contributed by atoms with Crippen molar-refractivity contribution in [2.45, 2.75) is 109 Å². The molecule has 12 rings (SSSR count). The minimum atomic E-state index is -0.0570. The van der Waals surface area contributed by atoms with Crippen molar-refractivity contribution < 1.29 is 32.7 Å². The SMILES string of the molecule is CCOc1ccccc1C(=O)N1CCC[C@@H](Nc2ccc(Br)cn2)[C@H]1C.CCOc1ccccc1C(=O)N1CCC[C@@H](Nc2nc3cc(Cl)ccc3o2)[C@H]1C.C[C@@H]1[C@H](Nc2nc3cc(Cl)ccc3o2)CCCN1C(=O)c1ccccc1-n1nccn1. The highest BCUT2D eigenvalue weighted by Crippen LogP contribution is 2.32. The molecule has 0 spiro atoms. The van der Waals surface area contributed by atoms with Crippen LogP contribution in [0.15, 0.2) is 153 Å². The Labute approximate surface area is 517 Å². The minimum Gasteiger partial charge on any atom is -0.493 e. The molecule has 22 heteroatoms. The molecule has 3 fully saturated rings. The van der Waals surface area contributed by atoms with Crippen molar-refractivity contribution in [1.29, 1.82) is 0 Å². The second-order valence-corrected chi connectivity index (χ2v) is 23.0. The number of nitrogens with zero attached hydrogens (tertiary/aromatic N) is 9. The number of likely N-dealkylation sites (tertiary alicyclic amines) is 3. The van der Waals surface area contributed by atoms with E-state index in [9.17, 15) is 14.4 Å². The number of fused-ring (bicyclic) bond motifs is 2. The van der Waals surface area contributed by atoms with Crippen molar-refractivity contribution in [2.24, 2.45) is 0 Å². The van der Waals surface area contributed by atoms with Crippen LogP contribution in [0.25, 0.3) is 27.9 Å². The van der Waals surface area contributed by atoms with Gasteiger partial charge in [0.1, 0.15) is 28.4 Å². The second-order valence-electron chi connectivity index (χ2n) is 21.2. The lowest BCUT2D eigenvalue weighted by molar-refractivity contribution is 0.0604. The Morgan fingerprint density at radius 1 is 0.570 bits per heavy atom. The molecular weight excluding hydrogens is 1200 g/mol. The Morgan fingerprint density at radius 3 is 1.45 bits per heavy atom. The lowest BCUT2D eigenvalue weighted by Gasteiger charge is -2.40. The number of nitrogens with one attached hydrogen (secondary N) is 3. The molecule has 3 aliphatic rings. The van der Waals surface area contributed by atoms with E-state index in [1.807, 2.05) is 120 Å². The van der Waals surface area contributed by atoms with E-state index >= 15 is 0 Å². The first-order valence-electron chi connectivity index (χ1n) is 29.1. The lowest BCUT2D eigenvalue weighted by atomic mass is 9.96. The van der Waals surface area contributed by atoms with Gasteiger partial charge >= 0.3 is 0 Å². The highest BCUT2D eigenvalue weighted by molar-refractivity contribution is 9.10. The monoisotopic (exact) mass is 1270 g/mol. The first-order chi connectivity index (χ1) is 41.8. The predicted molar refractivity (Wildman–Crippen MR) is 338 cm³/mol. The van der Waals surface area contributed by atoms with Gasteiger partial charge in [-0.1, -0.05) is 59.6 Å². The number of amides is 3. The maximum Gasteiger partial charge on any atom is 0.295 e. The molecule has 19 nitrogen and oxygen atoms in total. The summed E-state index contributed by atoms with van der Waals surface area (Å²) in [6.45, 7) is 13.2. The fraction of sp³-hybridized carbons (Fsp3) is 0.344. The van der Waals surface area contributed by atoms with Crippen molar-refractivity contribution in [3.8, 4) is 17.2 Å². The number of hydrogen-bond acceptors (Lipinski definition) is 15. The number of carbonyl (C=O) groups is 3. The lowest BCUT2D eigenvalue weighted by Crippen LogP contribution is -2.52. The molecule has 3 amide bonds. The number of halogens is 3. The van der Waals surface area contributed by atoms with Gasteiger partial charge in [-0.05, 0) is 174 Å². The maximum atomic E-state index is 13.5. The Kier molecular flexibility index (Phi) is 20.1. The van der Waals surface area contributed by atoms with Crippen LogP contribution >= 0.6 is 39.1 Å². The third-order valence-electron chi connectivity index (χ3n) is 15.7. The zero-order chi connectivity index (χ0) is 60.3. The molecule has 0 aliphatic carbocycles. The molecule has 0 unspecified atom stereocenters. The first-order valence-corrected chi connectivity index (χ1v) is 30.7. The maximum absolute atomic E-state index is 13.5. The van der Waals surface area contributed by atoms with Crippen LogP contribution in [0.5, 0.6) is 11.5 Å². The normalized spacial score (nSPS) is 19.4. The topological polar surface area (TPSA) is 211 Å². The summed E-state index contributed by atoms with van der Waals surface area (Å²) in [6, 6.07) is 38.0. The standard InChI is InChI=1S/C22H21ClN6O2.C22H24ClN3O3.C20H24BrN3O2/c1-14-17(26-22-27-18-13-15(23)8-9-20(18)31-22)6-4-12-28(14)21(30)16-5-2-3-7-19(16)29-24-10-11-25-29;1-3-28-19-9-5-4-7-16(19)21(27)26-12-6-8-17(14(26)2)24-22-25-18-13-15(23)10-11-20(18)29-22;1-3-26-18-9-5-4-7-16(18)20(25)24-12-6-8-17(14(24)2)23-19-11-10-15(21)13-22-19/h2-3,5,7-11,13-14,17H,4,6,12H2,1H3,(H,26,27);4-5,7,9-11,13-14,17H,3,6,8,12H2,1-2H3,(H,24,25);4-5,7,9-11,13-14,17H,3,6,8,12H2,1-2H3,(H,22,23)/t3*14-,17-/m111/s1. The van der Waals surface area contributed by atoms with Gasteiger partial charge in [-0.2, -0.15) is 25.0 Å². The van der Waals surface area contributed by atoms with E-state index in [4.69, 9.17) is 41.5 Å². The summed E-state index contributed by atoms with van der Waals surface area (Å²) in [7, 11) is 0. The average Bonchev–Trinajstić information content (AvgIpc) is 3.49. The summed E-state index contributed by atoms with van der Waals surface area (Å²) < 4.78 is 23.9. The molecule has 6 atom stereocenters. The molecule has 9 aromatic rings. The number of piperidine rings is 3. The molecule has 0 saturated carbocycles. The molecule has 0 radical (unpaired) electrons. The zero-order valence-electron chi connectivity index (χ0n) is 48.5. The van der Waals surface area contributed by atoms with Gasteiger partial charge in [0.15, 0.2) is 11.2 Å². The summed E-state index contributed by atoms with van der Waals surface area (Å²) in [5.74, 6) is 2.06. The number of hydrogen-bond donors (Lipinski definition) is 3. The summed E-state index contributed by atoms with van der Waals surface area (Å²) in [5, 5.41) is 19.8. The number of ether oxygens (including phenoxy) is 2. The van der Waals surface area contributed by atoms with Crippen LogP contribution in [-0.4, -0.2) is 131 Å². The van der Waals surface area contributed by atoms with Crippen LogP contribution in [0.3, 0.4) is 0 Å². The fourth-order valence-corrected chi connectivity index (χ4v) is 11.8. The number of oxazole rings is 2. The molecule has 7 heterocycles. The number of para-hydroxylation sites is 3. The van der Waals surface area contributed by atoms with Gasteiger partial charge in [-0.3, -0.25) is 14.4 Å². The van der Waals surface area contributed by atoms with Gasteiger partial charge in [-0.25, -0.2) is 4.98 Å². The molecule has 3 saturated heterocycles. The Morgan fingerprint density at radius 2 is 1.00 bits per heavy atom. The van der Waals surface area contributed by atoms with E-state index in [-0.39, 0.29) is 54.0 Å². The Bertz CT molecular complexity index is 3750. The summed E-state index contributed by atoms with van der Waals surface area (Å²) >= 11 is 15.5. The highest BCUT2D eigenvalue weighted by Gasteiger charge is 2.36. The van der Waals surface area contributed by atoms with E-state index in [2.05, 4.69) is 70.9 Å². The minimum absolute atomic E-state index is 0.0104. The van der Waals surface area contributed by atoms with Gasteiger partial charge in [0.05, 0.1) is 60.1 Å². The summed E-state index contributed by atoms with van der Waals surface area (Å²) in [4.78, 5) is 60.4. The number of rotatable bonds is 14. The van der Waals surface area contributed by atoms with Gasteiger partial charge in [0, 0.05) is 64.5 Å². The van der Waals surface area contributed by atoms with Crippen LogP contribution in [0, 0.1) is 0 Å². The third kappa shape index (κ3) is 14.4. The van der Waals surface area contributed by atoms with Crippen LogP contribution in [0.4, 0.5) is 17.8 Å². The van der Waals surface area contributed by atoms with E-state index in [1.54, 1.807) is 55.0 Å². The van der Waals surface area contributed by atoms with Crippen molar-refractivity contribution in [3.63, 3.8) is 0 Å². The zero-order valence-corrected chi connectivity index (χ0v) is 51.6. The smallest absolute Gasteiger partial charge is 0.295 e. The molecule has 448 valence electrons. The predicted octanol–water partition coefficient (Wildman–Crippen LogP) is 13.5. The van der Waals surface area contributed by atoms with E-state index in [1.165, 1.54) is 4.80 Å². The highest BCUT2D eigenvalue weighted by atomic mass is 79.9. The van der Waals surface area contributed by atoms with Gasteiger partial charge in [-0.15, -0.1) is 0 Å². The average molecular weight is 1270 g/mol. The van der Waals surface area contributed by atoms with Gasteiger partial charge in [0.25, 0.3) is 29.8 Å². The Balaban J connectivity index is 0.000000144. The third-order valence-corrected chi connectivity index (χ3v) is 16.7. The second kappa shape index (κ2) is 28.3. The first kappa shape index (κ1) is 60.9. The van der Waals surface area contributed by atoms with Gasteiger partial charge < -0.3 is 49.0 Å². The van der Waals surface area contributed by atoms with Crippen molar-refractivity contribution in [1.82, 2.24) is 44.6 Å². The molecule has 4 aromatic heterocycles. The Hall–Kier alpha value is -8.20. The number of carbonyl (C=O) groups excluding carboxylic acids is 3. The summed E-state index contributed by atoms with van der Waals surface area (Å²) in [6.07, 6.45) is 10.5. The molecule has 3 aliphatic heterocycles. The van der Waals surface area contributed by atoms with E-state index in [0.717, 1.165) is 55.4 Å². The quantitative estimate of drug-likeness (QED) is 0.0924. The number of anilines is 3. The van der Waals surface area contributed by atoms with Crippen molar-refractivity contribution >= 4 is 96.9 Å². The molecule has 0 bridgehead atoms. The van der Waals surface area contributed by atoms with Crippen LogP contribution in [0.2, 0.25) is 10.0 Å². The van der Waals surface area contributed by atoms with Crippen LogP contribution in [0.1, 0.15) is 104 Å². The van der Waals surface area contributed by atoms with E-state index in [0.29, 0.717) is 104 Å². The summed E-state index contributed by atoms with van der Waals surface area (Å²) in [5.41, 5.74) is 5.22. The molecule has 86 heavy (non-hydrogen) atoms. The number of pyridine rings is 1. The fourth-order valence-electron chi connectivity index (χ4n) is 11.2. The van der Waals surface area contributed by atoms with Crippen LogP contribution < -0.4 is 25.4 Å². The van der Waals surface area contributed by atoms with Gasteiger partial charge in [0.2, 0.25) is 0 Å². The van der Waals surface area contributed by atoms with Crippen molar-refractivity contribution in [2.75, 3.05) is 48.8 Å². The molecular formula is C64H69BrCl2N12O7. The number of benzene rings is 5. The molecule has 3 N–H and O–H groups in total. The molecule has 5 aromatic carbocycles. The van der Waals surface area contributed by atoms with Crippen molar-refractivity contribution in [3.05, 3.63) is 171 Å². The van der Waals surface area contributed by atoms with E-state index < -0.39 is 0 Å².